The predicted octanol–water partition coefficient (Wildman–Crippen LogP) is 2.35. The second kappa shape index (κ2) is 10.3. The molecule has 0 saturated heterocycles. The Labute approximate surface area is 127 Å². The van der Waals surface area contributed by atoms with Crippen molar-refractivity contribution in [1.82, 2.24) is 5.32 Å². The molecule has 0 fully saturated rings. The Hall–Kier alpha value is -1.43. The highest BCUT2D eigenvalue weighted by atomic mass is 16.5. The first-order valence-electron chi connectivity index (χ1n) is 7.31. The van der Waals surface area contributed by atoms with Gasteiger partial charge in [0, 0.05) is 32.4 Å². The average Bonchev–Trinajstić information content (AvgIpc) is 2.45. The van der Waals surface area contributed by atoms with E-state index in [1.54, 1.807) is 7.11 Å². The summed E-state index contributed by atoms with van der Waals surface area (Å²) in [6.45, 7) is 6.52. The molecule has 0 bridgehead atoms. The number of ether oxygens (including phenoxy) is 2. The Bertz CT molecular complexity index is 424. The summed E-state index contributed by atoms with van der Waals surface area (Å²) in [6, 6.07) is 8.12. The van der Waals surface area contributed by atoms with Crippen LogP contribution in [-0.2, 0) is 14.3 Å². The molecule has 0 saturated carbocycles. The summed E-state index contributed by atoms with van der Waals surface area (Å²) in [7, 11) is 1.67. The predicted molar refractivity (Wildman–Crippen MR) is 84.5 cm³/mol. The molecule has 1 atom stereocenters. The van der Waals surface area contributed by atoms with Crippen LogP contribution in [-0.4, -0.2) is 39.4 Å². The fraction of sp³-hybridized carbons (Fsp3) is 0.562. The number of anilines is 1. The van der Waals surface area contributed by atoms with E-state index in [1.165, 1.54) is 6.92 Å². The molecule has 1 amide bonds. The molecule has 5 heteroatoms. The molecule has 0 aliphatic rings. The van der Waals surface area contributed by atoms with Gasteiger partial charge in [-0.3, -0.25) is 4.79 Å². The zero-order chi connectivity index (χ0) is 15.5. The molecular formula is C16H26N2O3. The molecule has 0 radical (unpaired) electrons. The van der Waals surface area contributed by atoms with Gasteiger partial charge in [-0.2, -0.15) is 0 Å². The van der Waals surface area contributed by atoms with E-state index in [0.29, 0.717) is 13.2 Å². The van der Waals surface area contributed by atoms with E-state index < -0.39 is 0 Å². The van der Waals surface area contributed by atoms with Gasteiger partial charge in [0.1, 0.15) is 0 Å². The van der Waals surface area contributed by atoms with Crippen LogP contribution >= 0.6 is 0 Å². The highest BCUT2D eigenvalue weighted by Gasteiger charge is 2.05. The second-order valence-electron chi connectivity index (χ2n) is 4.94. The van der Waals surface area contributed by atoms with E-state index in [9.17, 15) is 4.79 Å². The summed E-state index contributed by atoms with van der Waals surface area (Å²) < 4.78 is 10.3. The molecule has 1 aromatic rings. The highest BCUT2D eigenvalue weighted by Crippen LogP contribution is 2.17. The van der Waals surface area contributed by atoms with Gasteiger partial charge in [-0.15, -0.1) is 0 Å². The maximum Gasteiger partial charge on any atom is 0.221 e. The molecule has 0 heterocycles. The molecule has 5 nitrogen and oxygen atoms in total. The molecule has 1 rings (SSSR count). The monoisotopic (exact) mass is 294 g/mol. The van der Waals surface area contributed by atoms with Gasteiger partial charge in [0.25, 0.3) is 0 Å². The number of rotatable bonds is 10. The summed E-state index contributed by atoms with van der Waals surface area (Å²) in [5.74, 6) is -0.0547. The van der Waals surface area contributed by atoms with Crippen molar-refractivity contribution in [2.45, 2.75) is 26.3 Å². The molecule has 0 spiro atoms. The fourth-order valence-electron chi connectivity index (χ4n) is 1.94. The Kier molecular flexibility index (Phi) is 8.66. The smallest absolute Gasteiger partial charge is 0.221 e. The zero-order valence-corrected chi connectivity index (χ0v) is 13.1. The lowest BCUT2D eigenvalue weighted by Crippen LogP contribution is -2.21. The van der Waals surface area contributed by atoms with Crippen LogP contribution in [0.15, 0.2) is 24.3 Å². The maximum atomic E-state index is 11.1. The molecule has 2 N–H and O–H groups in total. The molecule has 0 aliphatic carbocycles. The van der Waals surface area contributed by atoms with E-state index in [1.807, 2.05) is 18.2 Å². The van der Waals surface area contributed by atoms with Gasteiger partial charge in [0.05, 0.1) is 13.2 Å². The van der Waals surface area contributed by atoms with Crippen LogP contribution in [0.5, 0.6) is 0 Å². The lowest BCUT2D eigenvalue weighted by Gasteiger charge is -2.15. The van der Waals surface area contributed by atoms with Crippen LogP contribution in [0, 0.1) is 0 Å². The minimum atomic E-state index is -0.0547. The van der Waals surface area contributed by atoms with E-state index >= 15 is 0 Å². The van der Waals surface area contributed by atoms with Crippen molar-refractivity contribution in [3.63, 3.8) is 0 Å². The number of carbonyl (C=O) groups is 1. The van der Waals surface area contributed by atoms with Crippen molar-refractivity contribution in [3.8, 4) is 0 Å². The van der Waals surface area contributed by atoms with Gasteiger partial charge in [0.2, 0.25) is 5.91 Å². The van der Waals surface area contributed by atoms with Crippen LogP contribution in [0.3, 0.4) is 0 Å². The first kappa shape index (κ1) is 17.6. The van der Waals surface area contributed by atoms with Gasteiger partial charge in [-0.25, -0.2) is 0 Å². The Morgan fingerprint density at radius 1 is 1.29 bits per heavy atom. The average molecular weight is 294 g/mol. The number of carbonyl (C=O) groups excluding carboxylic acids is 1. The molecule has 21 heavy (non-hydrogen) atoms. The summed E-state index contributed by atoms with van der Waals surface area (Å²) in [5.41, 5.74) is 1.98. The van der Waals surface area contributed by atoms with Crippen LogP contribution in [0.1, 0.15) is 31.9 Å². The van der Waals surface area contributed by atoms with E-state index in [-0.39, 0.29) is 11.9 Å². The Balaban J connectivity index is 2.28. The van der Waals surface area contributed by atoms with Gasteiger partial charge in [0.15, 0.2) is 0 Å². The van der Waals surface area contributed by atoms with E-state index in [4.69, 9.17) is 9.47 Å². The van der Waals surface area contributed by atoms with E-state index in [0.717, 1.165) is 30.8 Å². The number of hydrogen-bond donors (Lipinski definition) is 2. The molecular weight excluding hydrogens is 268 g/mol. The Morgan fingerprint density at radius 3 is 2.81 bits per heavy atom. The number of methoxy groups -OCH3 is 1. The third kappa shape index (κ3) is 7.80. The van der Waals surface area contributed by atoms with Crippen molar-refractivity contribution in [1.29, 1.82) is 0 Å². The zero-order valence-electron chi connectivity index (χ0n) is 13.1. The number of amides is 1. The number of hydrogen-bond acceptors (Lipinski definition) is 4. The van der Waals surface area contributed by atoms with Crippen molar-refractivity contribution in [3.05, 3.63) is 29.8 Å². The van der Waals surface area contributed by atoms with E-state index in [2.05, 4.69) is 23.6 Å². The number of benzene rings is 1. The standard InChI is InChI=1S/C16H26N2O3/c1-13(17-8-5-9-21-11-10-20-3)15-6-4-7-16(12-15)18-14(2)19/h4,6-7,12-13,17H,5,8-11H2,1-3H3,(H,18,19). The molecule has 1 aromatic carbocycles. The van der Waals surface area contributed by atoms with Crippen molar-refractivity contribution >= 4 is 11.6 Å². The fourth-order valence-corrected chi connectivity index (χ4v) is 1.94. The first-order chi connectivity index (χ1) is 10.1. The van der Waals surface area contributed by atoms with Gasteiger partial charge in [-0.1, -0.05) is 12.1 Å². The lowest BCUT2D eigenvalue weighted by molar-refractivity contribution is -0.114. The molecule has 0 aromatic heterocycles. The normalized spacial score (nSPS) is 12.1. The van der Waals surface area contributed by atoms with Gasteiger partial charge >= 0.3 is 0 Å². The minimum Gasteiger partial charge on any atom is -0.382 e. The maximum absolute atomic E-state index is 11.1. The molecule has 118 valence electrons. The highest BCUT2D eigenvalue weighted by molar-refractivity contribution is 5.88. The number of nitrogens with one attached hydrogen (secondary N) is 2. The van der Waals surface area contributed by atoms with Crippen molar-refractivity contribution in [2.24, 2.45) is 0 Å². The largest absolute Gasteiger partial charge is 0.382 e. The third-order valence-corrected chi connectivity index (χ3v) is 3.05. The lowest BCUT2D eigenvalue weighted by atomic mass is 10.1. The van der Waals surface area contributed by atoms with Crippen LogP contribution in [0.2, 0.25) is 0 Å². The summed E-state index contributed by atoms with van der Waals surface area (Å²) >= 11 is 0. The topological polar surface area (TPSA) is 59.6 Å². The van der Waals surface area contributed by atoms with Gasteiger partial charge in [-0.05, 0) is 37.6 Å². The van der Waals surface area contributed by atoms with Crippen LogP contribution < -0.4 is 10.6 Å². The Morgan fingerprint density at radius 2 is 2.10 bits per heavy atom. The van der Waals surface area contributed by atoms with Crippen LogP contribution in [0.25, 0.3) is 0 Å². The second-order valence-corrected chi connectivity index (χ2v) is 4.94. The molecule has 1 unspecified atom stereocenters. The first-order valence-corrected chi connectivity index (χ1v) is 7.31. The molecule has 0 aliphatic heterocycles. The summed E-state index contributed by atoms with van der Waals surface area (Å²) in [4.78, 5) is 11.1. The van der Waals surface area contributed by atoms with Gasteiger partial charge < -0.3 is 20.1 Å². The quantitative estimate of drug-likeness (QED) is 0.650. The van der Waals surface area contributed by atoms with Crippen molar-refractivity contribution < 1.29 is 14.3 Å². The van der Waals surface area contributed by atoms with Crippen LogP contribution in [0.4, 0.5) is 5.69 Å². The third-order valence-electron chi connectivity index (χ3n) is 3.05. The van der Waals surface area contributed by atoms with Crippen molar-refractivity contribution in [2.75, 3.05) is 38.8 Å². The minimum absolute atomic E-state index is 0.0547. The summed E-state index contributed by atoms with van der Waals surface area (Å²) in [6.07, 6.45) is 0.958. The SMILES string of the molecule is COCCOCCCNC(C)c1cccc(NC(C)=O)c1. The summed E-state index contributed by atoms with van der Waals surface area (Å²) in [5, 5.41) is 6.24.